The lowest BCUT2D eigenvalue weighted by Gasteiger charge is -2.23. The van der Waals surface area contributed by atoms with Crippen LogP contribution >= 0.6 is 12.4 Å². The molecule has 0 saturated carbocycles. The van der Waals surface area contributed by atoms with Crippen molar-refractivity contribution in [3.8, 4) is 0 Å². The Morgan fingerprint density at radius 2 is 2.04 bits per heavy atom. The number of hydrogen-bond donors (Lipinski definition) is 2. The van der Waals surface area contributed by atoms with Gasteiger partial charge in [-0.1, -0.05) is 19.9 Å². The minimum atomic E-state index is -3.58. The highest BCUT2D eigenvalue weighted by Gasteiger charge is 2.25. The number of halogens is 1. The average molecular weight is 392 g/mol. The van der Waals surface area contributed by atoms with E-state index in [1.54, 1.807) is 32.9 Å². The minimum Gasteiger partial charge on any atom is -0.366 e. The van der Waals surface area contributed by atoms with Crippen LogP contribution in [-0.2, 0) is 19.6 Å². The summed E-state index contributed by atoms with van der Waals surface area (Å²) in [6.07, 6.45) is -0.567. The second-order valence-electron chi connectivity index (χ2n) is 5.62. The first-order valence-electron chi connectivity index (χ1n) is 8.14. The van der Waals surface area contributed by atoms with E-state index < -0.39 is 16.1 Å². The number of nitrogens with zero attached hydrogens (tertiary/aromatic N) is 1. The van der Waals surface area contributed by atoms with Crippen molar-refractivity contribution in [2.45, 2.75) is 31.8 Å². The molecule has 0 bridgehead atoms. The molecular formula is C16H26ClN3O4S. The zero-order valence-electron chi connectivity index (χ0n) is 14.7. The van der Waals surface area contributed by atoms with Crippen molar-refractivity contribution in [1.29, 1.82) is 0 Å². The predicted octanol–water partition coefficient (Wildman–Crippen LogP) is 1.37. The molecule has 142 valence electrons. The van der Waals surface area contributed by atoms with E-state index in [0.717, 1.165) is 6.54 Å². The van der Waals surface area contributed by atoms with Crippen LogP contribution in [0.3, 0.4) is 0 Å². The third kappa shape index (κ3) is 5.15. The number of benzene rings is 1. The molecule has 1 unspecified atom stereocenters. The van der Waals surface area contributed by atoms with E-state index in [9.17, 15) is 13.2 Å². The summed E-state index contributed by atoms with van der Waals surface area (Å²) >= 11 is 0. The van der Waals surface area contributed by atoms with E-state index in [2.05, 4.69) is 10.6 Å². The van der Waals surface area contributed by atoms with Crippen LogP contribution in [0.4, 0.5) is 5.69 Å². The fraction of sp³-hybridized carbons (Fsp3) is 0.562. The first kappa shape index (κ1) is 21.9. The first-order valence-corrected chi connectivity index (χ1v) is 9.58. The number of ether oxygens (including phenoxy) is 1. The molecule has 1 aliphatic rings. The number of sulfonamides is 1. The average Bonchev–Trinajstić information content (AvgIpc) is 2.58. The lowest BCUT2D eigenvalue weighted by Crippen LogP contribution is -2.45. The smallest absolute Gasteiger partial charge is 0.254 e. The third-order valence-corrected chi connectivity index (χ3v) is 6.19. The van der Waals surface area contributed by atoms with Crippen LogP contribution in [0.15, 0.2) is 23.1 Å². The molecule has 1 saturated heterocycles. The molecule has 2 N–H and O–H groups in total. The van der Waals surface area contributed by atoms with Crippen LogP contribution in [0.5, 0.6) is 0 Å². The van der Waals surface area contributed by atoms with Crippen molar-refractivity contribution < 1.29 is 17.9 Å². The van der Waals surface area contributed by atoms with Gasteiger partial charge in [-0.25, -0.2) is 8.42 Å². The Morgan fingerprint density at radius 1 is 1.36 bits per heavy atom. The molecule has 1 amide bonds. The molecule has 1 heterocycles. The Morgan fingerprint density at radius 3 is 2.60 bits per heavy atom. The normalized spacial score (nSPS) is 17.8. The zero-order chi connectivity index (χ0) is 17.7. The van der Waals surface area contributed by atoms with E-state index in [4.69, 9.17) is 4.74 Å². The highest BCUT2D eigenvalue weighted by Crippen LogP contribution is 2.23. The Balaban J connectivity index is 0.00000312. The van der Waals surface area contributed by atoms with Gasteiger partial charge in [0.15, 0.2) is 0 Å². The van der Waals surface area contributed by atoms with Crippen molar-refractivity contribution in [1.82, 2.24) is 9.62 Å². The van der Waals surface area contributed by atoms with Gasteiger partial charge in [-0.2, -0.15) is 4.31 Å². The predicted molar refractivity (Wildman–Crippen MR) is 99.8 cm³/mol. The van der Waals surface area contributed by atoms with E-state index >= 15 is 0 Å². The summed E-state index contributed by atoms with van der Waals surface area (Å²) in [6.45, 7) is 7.80. The number of morpholine rings is 1. The van der Waals surface area contributed by atoms with Crippen LogP contribution in [0.25, 0.3) is 0 Å². The zero-order valence-corrected chi connectivity index (χ0v) is 16.4. The van der Waals surface area contributed by atoms with Gasteiger partial charge in [-0.05, 0) is 24.6 Å². The van der Waals surface area contributed by atoms with Crippen LogP contribution in [0, 0.1) is 6.92 Å². The van der Waals surface area contributed by atoms with Gasteiger partial charge in [0.25, 0.3) is 5.91 Å². The Bertz CT molecular complexity index is 687. The molecular weight excluding hydrogens is 366 g/mol. The topological polar surface area (TPSA) is 87.7 Å². The molecule has 7 nitrogen and oxygen atoms in total. The van der Waals surface area contributed by atoms with Crippen LogP contribution in [-0.4, -0.2) is 57.5 Å². The third-order valence-electron chi connectivity index (χ3n) is 4.00. The summed E-state index contributed by atoms with van der Waals surface area (Å²) in [6, 6.07) is 4.91. The SMILES string of the molecule is CCN(CC)S(=O)(=O)c1cc(NC(=O)C2CNCCO2)ccc1C.Cl. The molecule has 0 spiro atoms. The van der Waals surface area contributed by atoms with Gasteiger partial charge in [-0.15, -0.1) is 12.4 Å². The summed E-state index contributed by atoms with van der Waals surface area (Å²) in [7, 11) is -3.58. The van der Waals surface area contributed by atoms with Gasteiger partial charge in [0.05, 0.1) is 11.5 Å². The maximum Gasteiger partial charge on any atom is 0.254 e. The molecule has 1 aromatic carbocycles. The Labute approximate surface area is 155 Å². The van der Waals surface area contributed by atoms with Gasteiger partial charge in [0.1, 0.15) is 6.10 Å². The largest absolute Gasteiger partial charge is 0.366 e. The number of amides is 1. The Hall–Kier alpha value is -1.19. The second-order valence-corrected chi connectivity index (χ2v) is 7.53. The first-order chi connectivity index (χ1) is 11.4. The maximum atomic E-state index is 12.7. The molecule has 1 aliphatic heterocycles. The van der Waals surface area contributed by atoms with E-state index in [0.29, 0.717) is 37.5 Å². The number of anilines is 1. The lowest BCUT2D eigenvalue weighted by molar-refractivity contribution is -0.128. The van der Waals surface area contributed by atoms with Gasteiger partial charge in [0.2, 0.25) is 10.0 Å². The van der Waals surface area contributed by atoms with Crippen molar-refractivity contribution in [2.75, 3.05) is 38.1 Å². The van der Waals surface area contributed by atoms with E-state index in [-0.39, 0.29) is 23.2 Å². The van der Waals surface area contributed by atoms with Gasteiger partial charge in [0, 0.05) is 31.9 Å². The maximum absolute atomic E-state index is 12.7. The molecule has 1 aromatic rings. The highest BCUT2D eigenvalue weighted by atomic mass is 35.5. The molecule has 1 fully saturated rings. The number of aryl methyl sites for hydroxylation is 1. The van der Waals surface area contributed by atoms with Gasteiger partial charge < -0.3 is 15.4 Å². The lowest BCUT2D eigenvalue weighted by atomic mass is 10.2. The number of carbonyl (C=O) groups is 1. The van der Waals surface area contributed by atoms with Gasteiger partial charge >= 0.3 is 0 Å². The molecule has 0 aromatic heterocycles. The van der Waals surface area contributed by atoms with Crippen LogP contribution in [0.2, 0.25) is 0 Å². The van der Waals surface area contributed by atoms with E-state index in [1.165, 1.54) is 10.4 Å². The molecule has 9 heteroatoms. The summed E-state index contributed by atoms with van der Waals surface area (Å²) in [5.41, 5.74) is 1.10. The molecule has 0 aliphatic carbocycles. The summed E-state index contributed by atoms with van der Waals surface area (Å²) in [5, 5.41) is 5.83. The van der Waals surface area contributed by atoms with E-state index in [1.807, 2.05) is 0 Å². The van der Waals surface area contributed by atoms with Crippen LogP contribution in [0.1, 0.15) is 19.4 Å². The molecule has 1 atom stereocenters. The number of hydrogen-bond acceptors (Lipinski definition) is 5. The highest BCUT2D eigenvalue weighted by molar-refractivity contribution is 7.89. The standard InChI is InChI=1S/C16H25N3O4S.ClH/c1-4-19(5-2)24(21,22)15-10-13(7-6-12(15)3)18-16(20)14-11-17-8-9-23-14;/h6-7,10,14,17H,4-5,8-9,11H2,1-3H3,(H,18,20);1H. The molecule has 25 heavy (non-hydrogen) atoms. The fourth-order valence-corrected chi connectivity index (χ4v) is 4.32. The second kappa shape index (κ2) is 9.49. The molecule has 0 radical (unpaired) electrons. The van der Waals surface area contributed by atoms with Gasteiger partial charge in [-0.3, -0.25) is 4.79 Å². The van der Waals surface area contributed by atoms with Crippen molar-refractivity contribution in [2.24, 2.45) is 0 Å². The quantitative estimate of drug-likeness (QED) is 0.764. The van der Waals surface area contributed by atoms with Crippen molar-refractivity contribution in [3.05, 3.63) is 23.8 Å². The monoisotopic (exact) mass is 391 g/mol. The summed E-state index contributed by atoms with van der Waals surface area (Å²) in [5.74, 6) is -0.280. The van der Waals surface area contributed by atoms with Crippen LogP contribution < -0.4 is 10.6 Å². The summed E-state index contributed by atoms with van der Waals surface area (Å²) < 4.78 is 32.3. The minimum absolute atomic E-state index is 0. The number of rotatable bonds is 6. The Kier molecular flexibility index (Phi) is 8.30. The summed E-state index contributed by atoms with van der Waals surface area (Å²) in [4.78, 5) is 12.4. The van der Waals surface area contributed by atoms with Crippen molar-refractivity contribution in [3.63, 3.8) is 0 Å². The van der Waals surface area contributed by atoms with Crippen molar-refractivity contribution >= 4 is 34.0 Å². The fourth-order valence-electron chi connectivity index (χ4n) is 2.61. The molecule has 2 rings (SSSR count). The number of carbonyl (C=O) groups excluding carboxylic acids is 1. The number of nitrogens with one attached hydrogen (secondary N) is 2.